The summed E-state index contributed by atoms with van der Waals surface area (Å²) in [7, 11) is 0. The van der Waals surface area contributed by atoms with Crippen molar-refractivity contribution in [3.8, 4) is 0 Å². The highest BCUT2D eigenvalue weighted by Crippen LogP contribution is 2.27. The molecule has 0 bridgehead atoms. The molecule has 0 spiro atoms. The number of aromatic nitrogens is 1. The van der Waals surface area contributed by atoms with E-state index in [-0.39, 0.29) is 17.6 Å². The van der Waals surface area contributed by atoms with E-state index in [2.05, 4.69) is 15.6 Å². The minimum Gasteiger partial charge on any atom is -0.480 e. The van der Waals surface area contributed by atoms with Crippen LogP contribution in [0.15, 0.2) is 42.5 Å². The number of carbonyl (C=O) groups is 2. The average molecular weight is 388 g/mol. The van der Waals surface area contributed by atoms with Crippen LogP contribution in [0.4, 0.5) is 17.3 Å². The molecule has 0 fully saturated rings. The molecule has 0 saturated heterocycles. The third-order valence-electron chi connectivity index (χ3n) is 3.97. The summed E-state index contributed by atoms with van der Waals surface area (Å²) < 4.78 is 0. The standard InChI is InChI=1S/C18H20N4O6/c1-10(2)14(17(23)24)21-16-12(22(27)28)8-9-13(20-16)19-15(18(25)26)11-6-4-3-5-7-11/h3-10,14-15H,1-2H3,(H,23,24)(H,25,26)(H2,19,20,21)/t14-,15+/m1/s1. The van der Waals surface area contributed by atoms with Crippen LogP contribution < -0.4 is 10.6 Å². The second-order valence-corrected chi connectivity index (χ2v) is 6.35. The molecule has 0 unspecified atom stereocenters. The first-order valence-corrected chi connectivity index (χ1v) is 8.39. The summed E-state index contributed by atoms with van der Waals surface area (Å²) in [5, 5.41) is 35.4. The fraction of sp³-hybridized carbons (Fsp3) is 0.278. The quantitative estimate of drug-likeness (QED) is 0.375. The monoisotopic (exact) mass is 388 g/mol. The molecule has 10 heteroatoms. The van der Waals surface area contributed by atoms with Crippen molar-refractivity contribution in [3.05, 3.63) is 58.1 Å². The van der Waals surface area contributed by atoms with E-state index in [0.717, 1.165) is 6.07 Å². The van der Waals surface area contributed by atoms with Crippen LogP contribution >= 0.6 is 0 Å². The fourth-order valence-corrected chi connectivity index (χ4v) is 2.53. The van der Waals surface area contributed by atoms with Crippen LogP contribution in [-0.4, -0.2) is 38.1 Å². The van der Waals surface area contributed by atoms with Gasteiger partial charge >= 0.3 is 17.6 Å². The molecule has 1 aromatic carbocycles. The average Bonchev–Trinajstić information content (AvgIpc) is 2.64. The number of pyridine rings is 1. The van der Waals surface area contributed by atoms with E-state index in [1.54, 1.807) is 44.2 Å². The molecule has 2 rings (SSSR count). The van der Waals surface area contributed by atoms with Crippen molar-refractivity contribution in [1.82, 2.24) is 4.98 Å². The van der Waals surface area contributed by atoms with Gasteiger partial charge in [0.15, 0.2) is 6.04 Å². The summed E-state index contributed by atoms with van der Waals surface area (Å²) in [5.41, 5.74) is 0.0549. The Morgan fingerprint density at radius 3 is 2.18 bits per heavy atom. The number of nitro groups is 1. The van der Waals surface area contributed by atoms with Gasteiger partial charge in [-0.3, -0.25) is 10.1 Å². The Morgan fingerprint density at radius 2 is 1.68 bits per heavy atom. The van der Waals surface area contributed by atoms with Crippen LogP contribution in [0.5, 0.6) is 0 Å². The SMILES string of the molecule is CC(C)[C@@H](Nc1nc(N[C@H](C(=O)O)c2ccccc2)ccc1[N+](=O)[O-])C(=O)O. The van der Waals surface area contributed by atoms with E-state index < -0.39 is 34.6 Å². The maximum Gasteiger partial charge on any atom is 0.330 e. The van der Waals surface area contributed by atoms with E-state index in [9.17, 15) is 29.9 Å². The lowest BCUT2D eigenvalue weighted by molar-refractivity contribution is -0.384. The number of carboxylic acid groups (broad SMARTS) is 2. The van der Waals surface area contributed by atoms with Gasteiger partial charge in [-0.15, -0.1) is 0 Å². The molecule has 1 aromatic heterocycles. The zero-order valence-electron chi connectivity index (χ0n) is 15.2. The number of hydrogen-bond acceptors (Lipinski definition) is 7. The Kier molecular flexibility index (Phi) is 6.48. The largest absolute Gasteiger partial charge is 0.480 e. The third-order valence-corrected chi connectivity index (χ3v) is 3.97. The Hall–Kier alpha value is -3.69. The highest BCUT2D eigenvalue weighted by molar-refractivity contribution is 5.80. The van der Waals surface area contributed by atoms with Crippen molar-refractivity contribution in [2.75, 3.05) is 10.6 Å². The lowest BCUT2D eigenvalue weighted by atomic mass is 10.0. The predicted molar refractivity (Wildman–Crippen MR) is 101 cm³/mol. The Labute approximate surface area is 160 Å². The van der Waals surface area contributed by atoms with E-state index in [4.69, 9.17) is 0 Å². The fourth-order valence-electron chi connectivity index (χ4n) is 2.53. The van der Waals surface area contributed by atoms with Crippen LogP contribution in [0.3, 0.4) is 0 Å². The summed E-state index contributed by atoms with van der Waals surface area (Å²) in [4.78, 5) is 37.7. The highest BCUT2D eigenvalue weighted by Gasteiger charge is 2.27. The number of anilines is 2. The predicted octanol–water partition coefficient (Wildman–Crippen LogP) is 2.75. The summed E-state index contributed by atoms with van der Waals surface area (Å²) >= 11 is 0. The van der Waals surface area contributed by atoms with Gasteiger partial charge in [0.2, 0.25) is 5.82 Å². The van der Waals surface area contributed by atoms with Gasteiger partial charge in [0.05, 0.1) is 4.92 Å². The second kappa shape index (κ2) is 8.80. The molecular weight excluding hydrogens is 368 g/mol. The van der Waals surface area contributed by atoms with Crippen molar-refractivity contribution in [1.29, 1.82) is 0 Å². The van der Waals surface area contributed by atoms with Gasteiger partial charge in [-0.1, -0.05) is 44.2 Å². The lowest BCUT2D eigenvalue weighted by Crippen LogP contribution is -2.35. The zero-order valence-corrected chi connectivity index (χ0v) is 15.2. The molecule has 0 amide bonds. The van der Waals surface area contributed by atoms with E-state index in [1.807, 2.05) is 0 Å². The number of rotatable bonds is 9. The summed E-state index contributed by atoms with van der Waals surface area (Å²) in [6.07, 6.45) is 0. The first kappa shape index (κ1) is 20.6. The van der Waals surface area contributed by atoms with Crippen LogP contribution in [0.2, 0.25) is 0 Å². The molecule has 0 saturated carbocycles. The van der Waals surface area contributed by atoms with Crippen molar-refractivity contribution in [3.63, 3.8) is 0 Å². The van der Waals surface area contributed by atoms with Gasteiger partial charge in [0.1, 0.15) is 11.9 Å². The van der Waals surface area contributed by atoms with Crippen LogP contribution in [-0.2, 0) is 9.59 Å². The van der Waals surface area contributed by atoms with Crippen molar-refractivity contribution >= 4 is 29.3 Å². The van der Waals surface area contributed by atoms with Gasteiger partial charge in [0.25, 0.3) is 0 Å². The van der Waals surface area contributed by atoms with Gasteiger partial charge in [0, 0.05) is 6.07 Å². The number of nitrogens with one attached hydrogen (secondary N) is 2. The number of carboxylic acids is 2. The normalized spacial score (nSPS) is 12.8. The van der Waals surface area contributed by atoms with Gasteiger partial charge in [-0.2, -0.15) is 0 Å². The number of aliphatic carboxylic acids is 2. The van der Waals surface area contributed by atoms with Crippen molar-refractivity contribution in [2.45, 2.75) is 25.9 Å². The molecule has 0 radical (unpaired) electrons. The van der Waals surface area contributed by atoms with E-state index in [1.165, 1.54) is 6.07 Å². The summed E-state index contributed by atoms with van der Waals surface area (Å²) in [6.45, 7) is 3.30. The molecular formula is C18H20N4O6. The van der Waals surface area contributed by atoms with Crippen molar-refractivity contribution < 1.29 is 24.7 Å². The smallest absolute Gasteiger partial charge is 0.330 e. The summed E-state index contributed by atoms with van der Waals surface area (Å²) in [6, 6.07) is 8.52. The maximum atomic E-state index is 11.6. The minimum atomic E-state index is -1.18. The molecule has 2 aromatic rings. The summed E-state index contributed by atoms with van der Waals surface area (Å²) in [5.74, 6) is -2.92. The third kappa shape index (κ3) is 4.93. The number of nitrogens with zero attached hydrogens (tertiary/aromatic N) is 2. The Bertz CT molecular complexity index is 872. The molecule has 0 aliphatic heterocycles. The van der Waals surface area contributed by atoms with E-state index in [0.29, 0.717) is 5.56 Å². The molecule has 28 heavy (non-hydrogen) atoms. The van der Waals surface area contributed by atoms with E-state index >= 15 is 0 Å². The molecule has 1 heterocycles. The zero-order chi connectivity index (χ0) is 20.8. The lowest BCUT2D eigenvalue weighted by Gasteiger charge is -2.20. The maximum absolute atomic E-state index is 11.6. The van der Waals surface area contributed by atoms with Gasteiger partial charge < -0.3 is 20.8 Å². The first-order chi connectivity index (χ1) is 13.2. The second-order valence-electron chi connectivity index (χ2n) is 6.35. The molecule has 0 aliphatic rings. The molecule has 2 atom stereocenters. The topological polar surface area (TPSA) is 155 Å². The van der Waals surface area contributed by atoms with Gasteiger partial charge in [-0.25, -0.2) is 14.6 Å². The Morgan fingerprint density at radius 1 is 1.04 bits per heavy atom. The van der Waals surface area contributed by atoms with Crippen LogP contribution in [0.1, 0.15) is 25.5 Å². The molecule has 4 N–H and O–H groups in total. The van der Waals surface area contributed by atoms with Crippen molar-refractivity contribution in [2.24, 2.45) is 5.92 Å². The van der Waals surface area contributed by atoms with Crippen LogP contribution in [0, 0.1) is 16.0 Å². The molecule has 10 nitrogen and oxygen atoms in total. The number of hydrogen-bond donors (Lipinski definition) is 4. The van der Waals surface area contributed by atoms with Crippen LogP contribution in [0.25, 0.3) is 0 Å². The van der Waals surface area contributed by atoms with Gasteiger partial charge in [-0.05, 0) is 17.5 Å². The number of benzene rings is 1. The molecule has 148 valence electrons. The molecule has 0 aliphatic carbocycles. The minimum absolute atomic E-state index is 0.0530. The Balaban J connectivity index is 2.39. The highest BCUT2D eigenvalue weighted by atomic mass is 16.6. The first-order valence-electron chi connectivity index (χ1n) is 8.39.